The average Bonchev–Trinajstić information content (AvgIpc) is 2.89. The van der Waals surface area contributed by atoms with E-state index in [2.05, 4.69) is 15.6 Å². The second kappa shape index (κ2) is 5.69. The molecular formula is C16H14N4O2. The molecule has 6 heteroatoms. The molecule has 0 unspecified atom stereocenters. The highest BCUT2D eigenvalue weighted by atomic mass is 16.4. The summed E-state index contributed by atoms with van der Waals surface area (Å²) in [6.45, 7) is 1.70. The second-order valence-electron chi connectivity index (χ2n) is 4.78. The van der Waals surface area contributed by atoms with Crippen molar-refractivity contribution >= 4 is 11.9 Å². The van der Waals surface area contributed by atoms with Gasteiger partial charge in [-0.3, -0.25) is 5.32 Å². The van der Waals surface area contributed by atoms with Gasteiger partial charge in [0.05, 0.1) is 5.69 Å². The van der Waals surface area contributed by atoms with Crippen molar-refractivity contribution < 1.29 is 9.90 Å². The minimum Gasteiger partial charge on any atom is -0.465 e. The first kappa shape index (κ1) is 13.8. The first-order valence-corrected chi connectivity index (χ1v) is 6.73. The average molecular weight is 294 g/mol. The standard InChI is InChI=1S/C16H14N4O2/c1-11-15(17-16(21)22)20(19-18-11)14-9-7-13(8-10-14)12-5-3-2-4-6-12/h2-10,17H,1H3,(H,21,22). The van der Waals surface area contributed by atoms with Crippen LogP contribution in [0.25, 0.3) is 16.8 Å². The Kier molecular flexibility index (Phi) is 3.57. The van der Waals surface area contributed by atoms with Crippen molar-refractivity contribution in [3.8, 4) is 16.8 Å². The van der Waals surface area contributed by atoms with E-state index in [1.54, 1.807) is 6.92 Å². The third-order valence-corrected chi connectivity index (χ3v) is 3.28. The third kappa shape index (κ3) is 2.67. The molecule has 0 aliphatic carbocycles. The van der Waals surface area contributed by atoms with Crippen LogP contribution in [0.4, 0.5) is 10.6 Å². The highest BCUT2D eigenvalue weighted by Gasteiger charge is 2.13. The van der Waals surface area contributed by atoms with Gasteiger partial charge in [0.2, 0.25) is 0 Å². The molecule has 0 atom stereocenters. The predicted octanol–water partition coefficient (Wildman–Crippen LogP) is 3.33. The lowest BCUT2D eigenvalue weighted by Gasteiger charge is -2.08. The largest absolute Gasteiger partial charge is 0.465 e. The number of rotatable bonds is 3. The van der Waals surface area contributed by atoms with Crippen molar-refractivity contribution in [2.75, 3.05) is 5.32 Å². The molecule has 110 valence electrons. The number of nitrogens with one attached hydrogen (secondary N) is 1. The van der Waals surface area contributed by atoms with Crippen LogP contribution in [0.5, 0.6) is 0 Å². The Labute approximate surface area is 127 Å². The van der Waals surface area contributed by atoms with Crippen LogP contribution in [0.2, 0.25) is 0 Å². The molecule has 0 bridgehead atoms. The number of hydrogen-bond acceptors (Lipinski definition) is 3. The molecule has 3 aromatic rings. The molecular weight excluding hydrogens is 280 g/mol. The Balaban J connectivity index is 1.95. The van der Waals surface area contributed by atoms with Crippen LogP contribution in [0, 0.1) is 6.92 Å². The van der Waals surface area contributed by atoms with E-state index in [0.717, 1.165) is 16.8 Å². The lowest BCUT2D eigenvalue weighted by atomic mass is 10.1. The lowest BCUT2D eigenvalue weighted by molar-refractivity contribution is 0.209. The van der Waals surface area contributed by atoms with Crippen molar-refractivity contribution in [1.82, 2.24) is 15.0 Å². The number of nitrogens with zero attached hydrogens (tertiary/aromatic N) is 3. The Hall–Kier alpha value is -3.15. The van der Waals surface area contributed by atoms with E-state index in [4.69, 9.17) is 5.11 Å². The van der Waals surface area contributed by atoms with Crippen LogP contribution in [0.15, 0.2) is 54.6 Å². The van der Waals surface area contributed by atoms with Crippen LogP contribution >= 0.6 is 0 Å². The SMILES string of the molecule is Cc1nnn(-c2ccc(-c3ccccc3)cc2)c1NC(=O)O. The molecule has 6 nitrogen and oxygen atoms in total. The van der Waals surface area contributed by atoms with E-state index in [1.807, 2.05) is 54.6 Å². The van der Waals surface area contributed by atoms with Gasteiger partial charge in [-0.25, -0.2) is 4.79 Å². The van der Waals surface area contributed by atoms with Crippen molar-refractivity contribution in [2.45, 2.75) is 6.92 Å². The van der Waals surface area contributed by atoms with Crippen molar-refractivity contribution in [3.63, 3.8) is 0 Å². The molecule has 0 saturated heterocycles. The first-order chi connectivity index (χ1) is 10.6. The summed E-state index contributed by atoms with van der Waals surface area (Å²) in [5.41, 5.74) is 3.46. The molecule has 1 aromatic heterocycles. The van der Waals surface area contributed by atoms with Crippen molar-refractivity contribution in [3.05, 3.63) is 60.3 Å². The van der Waals surface area contributed by atoms with Gasteiger partial charge >= 0.3 is 6.09 Å². The molecule has 0 aliphatic heterocycles. The van der Waals surface area contributed by atoms with Crippen molar-refractivity contribution in [2.24, 2.45) is 0 Å². The van der Waals surface area contributed by atoms with E-state index in [9.17, 15) is 4.79 Å². The highest BCUT2D eigenvalue weighted by molar-refractivity contribution is 5.82. The molecule has 3 rings (SSSR count). The summed E-state index contributed by atoms with van der Waals surface area (Å²) in [6.07, 6.45) is -1.15. The number of carboxylic acid groups (broad SMARTS) is 1. The zero-order valence-corrected chi connectivity index (χ0v) is 11.9. The van der Waals surface area contributed by atoms with Gasteiger partial charge in [-0.05, 0) is 30.2 Å². The van der Waals surface area contributed by atoms with Gasteiger partial charge in [0, 0.05) is 0 Å². The minimum absolute atomic E-state index is 0.347. The molecule has 0 radical (unpaired) electrons. The van der Waals surface area contributed by atoms with Gasteiger partial charge in [-0.1, -0.05) is 47.7 Å². The molecule has 2 aromatic carbocycles. The number of hydrogen-bond donors (Lipinski definition) is 2. The maximum atomic E-state index is 10.9. The maximum Gasteiger partial charge on any atom is 0.410 e. The summed E-state index contributed by atoms with van der Waals surface area (Å²) in [5, 5.41) is 19.1. The van der Waals surface area contributed by atoms with Crippen molar-refractivity contribution in [1.29, 1.82) is 0 Å². The molecule has 22 heavy (non-hydrogen) atoms. The third-order valence-electron chi connectivity index (χ3n) is 3.28. The smallest absolute Gasteiger partial charge is 0.410 e. The summed E-state index contributed by atoms with van der Waals surface area (Å²) >= 11 is 0. The van der Waals surface area contributed by atoms with E-state index >= 15 is 0 Å². The molecule has 1 amide bonds. The predicted molar refractivity (Wildman–Crippen MR) is 83.2 cm³/mol. The summed E-state index contributed by atoms with van der Waals surface area (Å²) in [4.78, 5) is 10.9. The maximum absolute atomic E-state index is 10.9. The molecule has 0 saturated carbocycles. The Morgan fingerprint density at radius 1 is 1.05 bits per heavy atom. The lowest BCUT2D eigenvalue weighted by Crippen LogP contribution is -2.12. The molecule has 2 N–H and O–H groups in total. The van der Waals surface area contributed by atoms with Gasteiger partial charge in [0.15, 0.2) is 5.82 Å². The van der Waals surface area contributed by atoms with E-state index in [-0.39, 0.29) is 0 Å². The van der Waals surface area contributed by atoms with E-state index in [0.29, 0.717) is 11.5 Å². The summed E-state index contributed by atoms with van der Waals surface area (Å²) in [7, 11) is 0. The van der Waals surface area contributed by atoms with Crippen LogP contribution < -0.4 is 5.32 Å². The van der Waals surface area contributed by atoms with Gasteiger partial charge < -0.3 is 5.11 Å². The number of amides is 1. The summed E-state index contributed by atoms with van der Waals surface area (Å²) < 4.78 is 1.47. The Morgan fingerprint density at radius 3 is 2.32 bits per heavy atom. The minimum atomic E-state index is -1.15. The Morgan fingerprint density at radius 2 is 1.68 bits per heavy atom. The molecule has 0 aliphatic rings. The van der Waals surface area contributed by atoms with E-state index in [1.165, 1.54) is 4.68 Å². The zero-order valence-electron chi connectivity index (χ0n) is 11.9. The Bertz CT molecular complexity index is 795. The molecule has 1 heterocycles. The quantitative estimate of drug-likeness (QED) is 0.776. The fourth-order valence-electron chi connectivity index (χ4n) is 2.21. The van der Waals surface area contributed by atoms with Gasteiger partial charge in [0.1, 0.15) is 5.69 Å². The van der Waals surface area contributed by atoms with Crippen LogP contribution in [-0.4, -0.2) is 26.2 Å². The van der Waals surface area contributed by atoms with Gasteiger partial charge in [0.25, 0.3) is 0 Å². The summed E-state index contributed by atoms with van der Waals surface area (Å²) in [5.74, 6) is 0.347. The number of anilines is 1. The normalized spacial score (nSPS) is 10.4. The van der Waals surface area contributed by atoms with Gasteiger partial charge in [-0.2, -0.15) is 4.68 Å². The number of benzene rings is 2. The van der Waals surface area contributed by atoms with E-state index < -0.39 is 6.09 Å². The second-order valence-corrected chi connectivity index (χ2v) is 4.78. The fraction of sp³-hybridized carbons (Fsp3) is 0.0625. The fourth-order valence-corrected chi connectivity index (χ4v) is 2.21. The summed E-state index contributed by atoms with van der Waals surface area (Å²) in [6, 6.07) is 17.7. The number of aromatic nitrogens is 3. The first-order valence-electron chi connectivity index (χ1n) is 6.73. The van der Waals surface area contributed by atoms with Gasteiger partial charge in [-0.15, -0.1) is 5.10 Å². The molecule has 0 spiro atoms. The number of aryl methyl sites for hydroxylation is 1. The van der Waals surface area contributed by atoms with Crippen LogP contribution in [-0.2, 0) is 0 Å². The van der Waals surface area contributed by atoms with Crippen LogP contribution in [0.1, 0.15) is 5.69 Å². The topological polar surface area (TPSA) is 80.0 Å². The van der Waals surface area contributed by atoms with Crippen LogP contribution in [0.3, 0.4) is 0 Å². The zero-order chi connectivity index (χ0) is 15.5. The highest BCUT2D eigenvalue weighted by Crippen LogP contribution is 2.22. The number of carbonyl (C=O) groups is 1. The molecule has 0 fully saturated rings. The monoisotopic (exact) mass is 294 g/mol.